The average molecular weight is 443 g/mol. The van der Waals surface area contributed by atoms with Crippen molar-refractivity contribution in [1.82, 2.24) is 4.98 Å². The van der Waals surface area contributed by atoms with Gasteiger partial charge in [0.1, 0.15) is 12.4 Å². The van der Waals surface area contributed by atoms with Gasteiger partial charge in [-0.15, -0.1) is 0 Å². The van der Waals surface area contributed by atoms with Crippen LogP contribution in [0.1, 0.15) is 44.4 Å². The van der Waals surface area contributed by atoms with Gasteiger partial charge in [0.2, 0.25) is 11.8 Å². The molecule has 169 valence electrons. The van der Waals surface area contributed by atoms with E-state index in [-0.39, 0.29) is 5.91 Å². The zero-order chi connectivity index (χ0) is 23.8. The van der Waals surface area contributed by atoms with Crippen molar-refractivity contribution >= 4 is 17.5 Å². The molecule has 0 aliphatic carbocycles. The van der Waals surface area contributed by atoms with Crippen molar-refractivity contribution in [3.63, 3.8) is 0 Å². The quantitative estimate of drug-likeness (QED) is 0.647. The molecule has 0 fully saturated rings. The molecule has 6 heteroatoms. The van der Waals surface area contributed by atoms with E-state index >= 15 is 0 Å². The monoisotopic (exact) mass is 442 g/mol. The van der Waals surface area contributed by atoms with Crippen LogP contribution in [-0.4, -0.2) is 22.3 Å². The number of amides is 2. The number of benzene rings is 2. The summed E-state index contributed by atoms with van der Waals surface area (Å²) in [5, 5.41) is 0. The molecular weight excluding hydrogens is 414 g/mol. The minimum absolute atomic E-state index is 0.174. The van der Waals surface area contributed by atoms with Gasteiger partial charge in [-0.1, -0.05) is 43.3 Å². The maximum Gasteiger partial charge on any atom is 0.224 e. The molecule has 2 amide bonds. The number of anilines is 1. The molecule has 2 aromatic carbocycles. The fourth-order valence-corrected chi connectivity index (χ4v) is 5.41. The Morgan fingerprint density at radius 2 is 1.88 bits per heavy atom. The number of primary amides is 1. The van der Waals surface area contributed by atoms with Gasteiger partial charge in [0.05, 0.1) is 17.1 Å². The van der Waals surface area contributed by atoms with Crippen molar-refractivity contribution in [2.45, 2.75) is 45.3 Å². The van der Waals surface area contributed by atoms with Gasteiger partial charge in [-0.2, -0.15) is 0 Å². The first-order valence-electron chi connectivity index (χ1n) is 10.9. The van der Waals surface area contributed by atoms with Gasteiger partial charge in [0.25, 0.3) is 0 Å². The molecular formula is C27H28N3O3. The minimum Gasteiger partial charge on any atom is -0.488 e. The van der Waals surface area contributed by atoms with Crippen molar-refractivity contribution in [2.24, 2.45) is 11.7 Å². The Labute approximate surface area is 194 Å². The van der Waals surface area contributed by atoms with Crippen LogP contribution in [0.5, 0.6) is 5.75 Å². The summed E-state index contributed by atoms with van der Waals surface area (Å²) in [4.78, 5) is 31.6. The van der Waals surface area contributed by atoms with Crippen molar-refractivity contribution in [3.8, 4) is 5.75 Å². The molecule has 0 bridgehead atoms. The Bertz CT molecular complexity index is 1180. The smallest absolute Gasteiger partial charge is 0.224 e. The van der Waals surface area contributed by atoms with Gasteiger partial charge in [0, 0.05) is 42.4 Å². The Kier molecular flexibility index (Phi) is 5.70. The number of nitrogens with two attached hydrogens (primary N) is 1. The number of nitrogens with zero attached hydrogens (tertiary/aromatic N) is 2. The van der Waals surface area contributed by atoms with E-state index in [0.717, 1.165) is 16.7 Å². The predicted octanol–water partition coefficient (Wildman–Crippen LogP) is 4.01. The highest BCUT2D eigenvalue weighted by Crippen LogP contribution is 2.54. The fourth-order valence-electron chi connectivity index (χ4n) is 5.41. The highest BCUT2D eigenvalue weighted by Gasteiger charge is 2.57. The third-order valence-corrected chi connectivity index (χ3v) is 6.65. The van der Waals surface area contributed by atoms with Crippen LogP contribution in [0.2, 0.25) is 0 Å². The van der Waals surface area contributed by atoms with Gasteiger partial charge in [-0.25, -0.2) is 0 Å². The maximum atomic E-state index is 12.9. The van der Waals surface area contributed by atoms with E-state index < -0.39 is 22.8 Å². The number of fused-ring (bicyclic) bond motifs is 1. The molecule has 0 saturated carbocycles. The van der Waals surface area contributed by atoms with E-state index in [1.165, 1.54) is 6.92 Å². The Hall–Kier alpha value is -3.67. The molecule has 4 rings (SSSR count). The standard InChI is InChI=1S/C27H28N3O3/c1-18(31)30-23-15-21(33-17-19-9-8-14-29-16-19)12-13-22(23)27(4,20-10-6-5-7-11-20)24(25(28)32)26(30,2)3/h5-11,13-16,24H,17H2,1-4H3,(H2,28,32). The Balaban J connectivity index is 1.89. The number of rotatable bonds is 5. The van der Waals surface area contributed by atoms with Gasteiger partial charge in [-0.05, 0) is 37.1 Å². The number of pyridine rings is 1. The normalized spacial score (nSPS) is 21.2. The van der Waals surface area contributed by atoms with Crippen LogP contribution < -0.4 is 15.4 Å². The summed E-state index contributed by atoms with van der Waals surface area (Å²) >= 11 is 0. The Morgan fingerprint density at radius 3 is 2.48 bits per heavy atom. The third-order valence-electron chi connectivity index (χ3n) is 6.65. The minimum atomic E-state index is -0.878. The first-order valence-corrected chi connectivity index (χ1v) is 10.9. The molecule has 2 atom stereocenters. The van der Waals surface area contributed by atoms with Crippen molar-refractivity contribution in [3.05, 3.63) is 89.7 Å². The van der Waals surface area contributed by atoms with E-state index in [2.05, 4.69) is 11.1 Å². The van der Waals surface area contributed by atoms with Crippen molar-refractivity contribution in [1.29, 1.82) is 0 Å². The topological polar surface area (TPSA) is 85.5 Å². The molecule has 3 aromatic rings. The summed E-state index contributed by atoms with van der Waals surface area (Å²) in [6.45, 7) is 7.62. The van der Waals surface area contributed by atoms with Crippen LogP contribution in [0.25, 0.3) is 0 Å². The lowest BCUT2D eigenvalue weighted by atomic mass is 9.57. The first-order chi connectivity index (χ1) is 15.7. The SMILES string of the molecule is CC(=O)N1c2cc(OCc3cccnc3)[c]cc2C(C)(c2ccccc2)C(C(N)=O)C1(C)C. The molecule has 2 heterocycles. The van der Waals surface area contributed by atoms with Gasteiger partial charge in [0.15, 0.2) is 0 Å². The number of ether oxygens (including phenoxy) is 1. The fraction of sp³-hybridized carbons (Fsp3) is 0.296. The number of carbonyl (C=O) groups is 2. The maximum absolute atomic E-state index is 12.9. The molecule has 1 aliphatic heterocycles. The van der Waals surface area contributed by atoms with E-state index in [9.17, 15) is 9.59 Å². The lowest BCUT2D eigenvalue weighted by molar-refractivity contribution is -0.127. The summed E-state index contributed by atoms with van der Waals surface area (Å²) in [6.07, 6.45) is 3.45. The summed E-state index contributed by atoms with van der Waals surface area (Å²) in [5.41, 5.74) is 7.73. The van der Waals surface area contributed by atoms with Crippen LogP contribution in [-0.2, 0) is 21.6 Å². The molecule has 1 aromatic heterocycles. The molecule has 33 heavy (non-hydrogen) atoms. The largest absolute Gasteiger partial charge is 0.488 e. The highest BCUT2D eigenvalue weighted by atomic mass is 16.5. The third kappa shape index (κ3) is 3.75. The van der Waals surface area contributed by atoms with E-state index in [0.29, 0.717) is 18.0 Å². The number of carbonyl (C=O) groups excluding carboxylic acids is 2. The highest BCUT2D eigenvalue weighted by molar-refractivity contribution is 5.98. The van der Waals surface area contributed by atoms with E-state index in [1.54, 1.807) is 17.3 Å². The van der Waals surface area contributed by atoms with Crippen LogP contribution in [0, 0.1) is 12.0 Å². The van der Waals surface area contributed by atoms with Crippen LogP contribution in [0.15, 0.2) is 67.0 Å². The molecule has 6 nitrogen and oxygen atoms in total. The number of hydrogen-bond acceptors (Lipinski definition) is 4. The average Bonchev–Trinajstić information content (AvgIpc) is 2.77. The zero-order valence-corrected chi connectivity index (χ0v) is 19.3. The van der Waals surface area contributed by atoms with Gasteiger partial charge in [-0.3, -0.25) is 14.6 Å². The van der Waals surface area contributed by atoms with Crippen LogP contribution >= 0.6 is 0 Å². The second-order valence-corrected chi connectivity index (χ2v) is 9.16. The summed E-state index contributed by atoms with van der Waals surface area (Å²) in [6, 6.07) is 20.4. The molecule has 1 aliphatic rings. The van der Waals surface area contributed by atoms with E-state index in [4.69, 9.17) is 10.5 Å². The van der Waals surface area contributed by atoms with Gasteiger partial charge < -0.3 is 15.4 Å². The summed E-state index contributed by atoms with van der Waals surface area (Å²) < 4.78 is 5.98. The summed E-state index contributed by atoms with van der Waals surface area (Å²) in [7, 11) is 0. The second kappa shape index (κ2) is 8.35. The number of hydrogen-bond donors (Lipinski definition) is 1. The second-order valence-electron chi connectivity index (χ2n) is 9.16. The molecule has 2 unspecified atom stereocenters. The van der Waals surface area contributed by atoms with E-state index in [1.807, 2.05) is 75.4 Å². The first kappa shape index (κ1) is 22.5. The Morgan fingerprint density at radius 1 is 1.15 bits per heavy atom. The predicted molar refractivity (Wildman–Crippen MR) is 127 cm³/mol. The summed E-state index contributed by atoms with van der Waals surface area (Å²) in [5.74, 6) is -0.792. The van der Waals surface area contributed by atoms with Crippen molar-refractivity contribution in [2.75, 3.05) is 4.90 Å². The van der Waals surface area contributed by atoms with Crippen molar-refractivity contribution < 1.29 is 14.3 Å². The molecule has 2 N–H and O–H groups in total. The number of aromatic nitrogens is 1. The van der Waals surface area contributed by atoms with Crippen LogP contribution in [0.3, 0.4) is 0 Å². The molecule has 0 spiro atoms. The molecule has 1 radical (unpaired) electrons. The lowest BCUT2D eigenvalue weighted by Crippen LogP contribution is -2.65. The van der Waals surface area contributed by atoms with Crippen LogP contribution in [0.4, 0.5) is 5.69 Å². The molecule has 0 saturated heterocycles. The van der Waals surface area contributed by atoms with Gasteiger partial charge >= 0.3 is 0 Å². The zero-order valence-electron chi connectivity index (χ0n) is 19.3. The lowest BCUT2D eigenvalue weighted by Gasteiger charge is -2.55.